The first-order valence-electron chi connectivity index (χ1n) is 9.63. The average molecular weight is 380 g/mol. The number of nitrogens with one attached hydrogen (secondary N) is 1. The SMILES string of the molecule is Cc1c(C(=O)NCC2CCC(c3nnc(-c4ccccn4)o3)CC2)cnn1C. The van der Waals surface area contributed by atoms with Crippen molar-refractivity contribution in [2.45, 2.75) is 38.5 Å². The lowest BCUT2D eigenvalue weighted by molar-refractivity contribution is 0.0941. The fourth-order valence-corrected chi connectivity index (χ4v) is 3.66. The number of carbonyl (C=O) groups is 1. The van der Waals surface area contributed by atoms with E-state index in [1.165, 1.54) is 0 Å². The number of amides is 1. The van der Waals surface area contributed by atoms with E-state index in [4.69, 9.17) is 4.42 Å². The molecule has 1 aliphatic rings. The van der Waals surface area contributed by atoms with Crippen molar-refractivity contribution in [3.8, 4) is 11.6 Å². The van der Waals surface area contributed by atoms with Crippen LogP contribution in [0.25, 0.3) is 11.6 Å². The smallest absolute Gasteiger partial charge is 0.266 e. The van der Waals surface area contributed by atoms with Gasteiger partial charge in [0, 0.05) is 31.4 Å². The predicted octanol–water partition coefficient (Wildman–Crippen LogP) is 2.88. The summed E-state index contributed by atoms with van der Waals surface area (Å²) < 4.78 is 7.56. The highest BCUT2D eigenvalue weighted by molar-refractivity contribution is 5.95. The molecule has 0 spiro atoms. The van der Waals surface area contributed by atoms with E-state index in [1.54, 1.807) is 17.1 Å². The second kappa shape index (κ2) is 7.92. The van der Waals surface area contributed by atoms with Crippen molar-refractivity contribution in [3.63, 3.8) is 0 Å². The average Bonchev–Trinajstić information content (AvgIpc) is 3.35. The van der Waals surface area contributed by atoms with Gasteiger partial charge >= 0.3 is 0 Å². The van der Waals surface area contributed by atoms with Crippen molar-refractivity contribution >= 4 is 5.91 Å². The zero-order valence-corrected chi connectivity index (χ0v) is 16.1. The summed E-state index contributed by atoms with van der Waals surface area (Å²) in [6.07, 6.45) is 7.35. The fraction of sp³-hybridized carbons (Fsp3) is 0.450. The van der Waals surface area contributed by atoms with Gasteiger partial charge in [0.1, 0.15) is 5.69 Å². The number of aromatic nitrogens is 5. The number of carbonyl (C=O) groups excluding carboxylic acids is 1. The third-order valence-corrected chi connectivity index (χ3v) is 5.55. The summed E-state index contributed by atoms with van der Waals surface area (Å²) in [5.41, 5.74) is 2.22. The number of rotatable bonds is 5. The molecule has 3 aromatic heterocycles. The van der Waals surface area contributed by atoms with Crippen molar-refractivity contribution in [1.82, 2.24) is 30.3 Å². The molecule has 8 heteroatoms. The maximum atomic E-state index is 12.3. The van der Waals surface area contributed by atoms with Gasteiger partial charge in [-0.2, -0.15) is 5.10 Å². The first-order valence-corrected chi connectivity index (χ1v) is 9.63. The van der Waals surface area contributed by atoms with Crippen LogP contribution in [0.1, 0.15) is 53.5 Å². The van der Waals surface area contributed by atoms with Crippen molar-refractivity contribution in [1.29, 1.82) is 0 Å². The third-order valence-electron chi connectivity index (χ3n) is 5.55. The van der Waals surface area contributed by atoms with Gasteiger partial charge in [0.25, 0.3) is 11.8 Å². The second-order valence-corrected chi connectivity index (χ2v) is 7.36. The van der Waals surface area contributed by atoms with Crippen molar-refractivity contribution in [2.24, 2.45) is 13.0 Å². The molecule has 1 N–H and O–H groups in total. The van der Waals surface area contributed by atoms with Gasteiger partial charge < -0.3 is 9.73 Å². The number of nitrogens with zero attached hydrogens (tertiary/aromatic N) is 5. The van der Waals surface area contributed by atoms with Gasteiger partial charge in [0.05, 0.1) is 11.8 Å². The molecule has 0 aromatic carbocycles. The lowest BCUT2D eigenvalue weighted by Crippen LogP contribution is -2.31. The molecule has 1 fully saturated rings. The normalized spacial score (nSPS) is 19.5. The van der Waals surface area contributed by atoms with Crippen LogP contribution in [-0.2, 0) is 7.05 Å². The second-order valence-electron chi connectivity index (χ2n) is 7.36. The summed E-state index contributed by atoms with van der Waals surface area (Å²) in [5, 5.41) is 15.5. The van der Waals surface area contributed by atoms with E-state index >= 15 is 0 Å². The van der Waals surface area contributed by atoms with Crippen LogP contribution in [0.3, 0.4) is 0 Å². The van der Waals surface area contributed by atoms with E-state index in [2.05, 4.69) is 25.6 Å². The zero-order valence-electron chi connectivity index (χ0n) is 16.1. The summed E-state index contributed by atoms with van der Waals surface area (Å²) >= 11 is 0. The number of pyridine rings is 1. The Kier molecular flexibility index (Phi) is 5.18. The lowest BCUT2D eigenvalue weighted by atomic mass is 9.82. The highest BCUT2D eigenvalue weighted by Crippen LogP contribution is 2.35. The maximum Gasteiger partial charge on any atom is 0.266 e. The molecule has 3 aromatic rings. The Morgan fingerprint density at radius 3 is 2.75 bits per heavy atom. The zero-order chi connectivity index (χ0) is 19.5. The topological polar surface area (TPSA) is 98.7 Å². The predicted molar refractivity (Wildman–Crippen MR) is 103 cm³/mol. The number of hydrogen-bond acceptors (Lipinski definition) is 6. The third kappa shape index (κ3) is 3.81. The molecule has 0 unspecified atom stereocenters. The molecule has 28 heavy (non-hydrogen) atoms. The van der Waals surface area contributed by atoms with Gasteiger partial charge in [-0.3, -0.25) is 14.5 Å². The van der Waals surface area contributed by atoms with Crippen molar-refractivity contribution in [2.75, 3.05) is 6.54 Å². The Hall–Kier alpha value is -3.03. The molecule has 0 radical (unpaired) electrons. The molecule has 146 valence electrons. The molecule has 0 aliphatic heterocycles. The Morgan fingerprint density at radius 1 is 1.25 bits per heavy atom. The monoisotopic (exact) mass is 380 g/mol. The largest absolute Gasteiger partial charge is 0.419 e. The molecule has 0 saturated heterocycles. The van der Waals surface area contributed by atoms with Crippen molar-refractivity contribution in [3.05, 3.63) is 47.7 Å². The van der Waals surface area contributed by atoms with Gasteiger partial charge in [0.2, 0.25) is 5.89 Å². The van der Waals surface area contributed by atoms with E-state index in [1.807, 2.05) is 32.2 Å². The molecule has 0 atom stereocenters. The standard InChI is InChI=1S/C20H24N6O2/c1-13-16(12-23-26(13)2)18(27)22-11-14-6-8-15(9-7-14)19-24-25-20(28-19)17-5-3-4-10-21-17/h3-5,10,12,14-15H,6-9,11H2,1-2H3,(H,22,27). The quantitative estimate of drug-likeness (QED) is 0.731. The number of aryl methyl sites for hydroxylation is 1. The maximum absolute atomic E-state index is 12.3. The van der Waals surface area contributed by atoms with E-state index in [-0.39, 0.29) is 11.8 Å². The van der Waals surface area contributed by atoms with Gasteiger partial charge in [-0.05, 0) is 50.7 Å². The van der Waals surface area contributed by atoms with Crippen LogP contribution >= 0.6 is 0 Å². The molecule has 0 bridgehead atoms. The lowest BCUT2D eigenvalue weighted by Gasteiger charge is -2.26. The molecule has 1 aliphatic carbocycles. The minimum absolute atomic E-state index is 0.0513. The minimum Gasteiger partial charge on any atom is -0.419 e. The summed E-state index contributed by atoms with van der Waals surface area (Å²) in [6, 6.07) is 5.62. The van der Waals surface area contributed by atoms with Gasteiger partial charge in [-0.1, -0.05) is 6.07 Å². The molecule has 8 nitrogen and oxygen atoms in total. The molecule has 1 amide bonds. The molecule has 3 heterocycles. The van der Waals surface area contributed by atoms with E-state index in [9.17, 15) is 4.79 Å². The Balaban J connectivity index is 1.29. The van der Waals surface area contributed by atoms with Crippen LogP contribution in [0, 0.1) is 12.8 Å². The van der Waals surface area contributed by atoms with Crippen LogP contribution in [-0.4, -0.2) is 37.4 Å². The van der Waals surface area contributed by atoms with Crippen LogP contribution in [0.4, 0.5) is 0 Å². The van der Waals surface area contributed by atoms with Crippen molar-refractivity contribution < 1.29 is 9.21 Å². The summed E-state index contributed by atoms with van der Waals surface area (Å²) in [5.74, 6) is 1.85. The summed E-state index contributed by atoms with van der Waals surface area (Å²) in [4.78, 5) is 16.6. The Morgan fingerprint density at radius 2 is 2.07 bits per heavy atom. The highest BCUT2D eigenvalue weighted by Gasteiger charge is 2.27. The van der Waals surface area contributed by atoms with E-state index < -0.39 is 0 Å². The summed E-state index contributed by atoms with van der Waals surface area (Å²) in [7, 11) is 1.84. The summed E-state index contributed by atoms with van der Waals surface area (Å²) in [6.45, 7) is 2.58. The minimum atomic E-state index is -0.0513. The Bertz CT molecular complexity index is 941. The van der Waals surface area contributed by atoms with Crippen LogP contribution < -0.4 is 5.32 Å². The van der Waals surface area contributed by atoms with E-state index in [0.717, 1.165) is 31.4 Å². The number of hydrogen-bond donors (Lipinski definition) is 1. The molecular weight excluding hydrogens is 356 g/mol. The van der Waals surface area contributed by atoms with Crippen LogP contribution in [0.15, 0.2) is 35.0 Å². The molecular formula is C20H24N6O2. The van der Waals surface area contributed by atoms with Gasteiger partial charge in [0.15, 0.2) is 0 Å². The van der Waals surface area contributed by atoms with Crippen LogP contribution in [0.5, 0.6) is 0 Å². The van der Waals surface area contributed by atoms with Gasteiger partial charge in [-0.15, -0.1) is 10.2 Å². The fourth-order valence-electron chi connectivity index (χ4n) is 3.66. The first-order chi connectivity index (χ1) is 13.6. The van der Waals surface area contributed by atoms with Crippen LogP contribution in [0.2, 0.25) is 0 Å². The molecule has 4 rings (SSSR count). The Labute approximate surface area is 163 Å². The first kappa shape index (κ1) is 18.3. The van der Waals surface area contributed by atoms with Gasteiger partial charge in [-0.25, -0.2) is 0 Å². The highest BCUT2D eigenvalue weighted by atomic mass is 16.4. The van der Waals surface area contributed by atoms with E-state index in [0.29, 0.717) is 35.5 Å². The molecule has 1 saturated carbocycles.